The van der Waals surface area contributed by atoms with Crippen molar-refractivity contribution in [3.63, 3.8) is 0 Å². The molecule has 3 aromatic rings. The SMILES string of the molecule is CCOc1ccccc1NC(=O)Cn1c(=O)n(CCCOC)c(=O)c2sccc21. The number of nitrogens with one attached hydrogen (secondary N) is 1. The second-order valence-electron chi connectivity index (χ2n) is 6.28. The molecule has 9 heteroatoms. The van der Waals surface area contributed by atoms with Crippen molar-refractivity contribution in [2.75, 3.05) is 25.6 Å². The molecule has 29 heavy (non-hydrogen) atoms. The maximum absolute atomic E-state index is 12.9. The van der Waals surface area contributed by atoms with E-state index in [2.05, 4.69) is 5.32 Å². The van der Waals surface area contributed by atoms with Gasteiger partial charge < -0.3 is 14.8 Å². The molecule has 0 bridgehead atoms. The zero-order valence-corrected chi connectivity index (χ0v) is 17.2. The van der Waals surface area contributed by atoms with Gasteiger partial charge in [0.2, 0.25) is 5.91 Å². The molecule has 154 valence electrons. The van der Waals surface area contributed by atoms with Crippen molar-refractivity contribution in [2.24, 2.45) is 0 Å². The van der Waals surface area contributed by atoms with E-state index in [0.717, 1.165) is 0 Å². The number of nitrogens with zero attached hydrogens (tertiary/aromatic N) is 2. The molecule has 0 aliphatic carbocycles. The van der Waals surface area contributed by atoms with Crippen molar-refractivity contribution < 1.29 is 14.3 Å². The lowest BCUT2D eigenvalue weighted by molar-refractivity contribution is -0.116. The van der Waals surface area contributed by atoms with Gasteiger partial charge in [0.05, 0.1) is 17.8 Å². The van der Waals surface area contributed by atoms with Gasteiger partial charge in [0.1, 0.15) is 17.0 Å². The average Bonchev–Trinajstić information content (AvgIpc) is 3.19. The van der Waals surface area contributed by atoms with Crippen molar-refractivity contribution in [3.8, 4) is 5.75 Å². The van der Waals surface area contributed by atoms with Crippen LogP contribution in [0.3, 0.4) is 0 Å². The molecule has 0 saturated carbocycles. The number of hydrogen-bond acceptors (Lipinski definition) is 6. The van der Waals surface area contributed by atoms with Gasteiger partial charge in [-0.25, -0.2) is 4.79 Å². The van der Waals surface area contributed by atoms with E-state index in [1.165, 1.54) is 20.5 Å². The molecule has 2 aromatic heterocycles. The fourth-order valence-corrected chi connectivity index (χ4v) is 3.88. The van der Waals surface area contributed by atoms with Gasteiger partial charge in [-0.3, -0.25) is 18.7 Å². The number of ether oxygens (including phenoxy) is 2. The Morgan fingerprint density at radius 2 is 1.97 bits per heavy atom. The van der Waals surface area contributed by atoms with E-state index in [-0.39, 0.29) is 24.6 Å². The zero-order valence-electron chi connectivity index (χ0n) is 16.3. The number of hydrogen-bond donors (Lipinski definition) is 1. The Kier molecular flexibility index (Phi) is 6.84. The molecule has 1 N–H and O–H groups in total. The Labute approximate surface area is 171 Å². The molecule has 0 atom stereocenters. The summed E-state index contributed by atoms with van der Waals surface area (Å²) < 4.78 is 13.5. The van der Waals surface area contributed by atoms with Gasteiger partial charge in [-0.05, 0) is 36.9 Å². The number of para-hydroxylation sites is 2. The molecule has 3 rings (SSSR count). The van der Waals surface area contributed by atoms with E-state index in [9.17, 15) is 14.4 Å². The number of anilines is 1. The first-order valence-electron chi connectivity index (χ1n) is 9.28. The van der Waals surface area contributed by atoms with E-state index in [0.29, 0.717) is 41.3 Å². The fourth-order valence-electron chi connectivity index (χ4n) is 3.03. The summed E-state index contributed by atoms with van der Waals surface area (Å²) in [5.41, 5.74) is 0.142. The molecule has 8 nitrogen and oxygen atoms in total. The molecular formula is C20H23N3O5S. The number of aromatic nitrogens is 2. The molecule has 0 fully saturated rings. The highest BCUT2D eigenvalue weighted by molar-refractivity contribution is 7.17. The molecule has 0 saturated heterocycles. The van der Waals surface area contributed by atoms with Crippen LogP contribution in [-0.2, 0) is 22.6 Å². The molecule has 1 aromatic carbocycles. The number of rotatable bonds is 9. The van der Waals surface area contributed by atoms with Crippen molar-refractivity contribution in [2.45, 2.75) is 26.4 Å². The molecule has 0 unspecified atom stereocenters. The van der Waals surface area contributed by atoms with Crippen LogP contribution in [0.15, 0.2) is 45.3 Å². The molecule has 0 aliphatic rings. The third-order valence-corrected chi connectivity index (χ3v) is 5.22. The summed E-state index contributed by atoms with van der Waals surface area (Å²) in [4.78, 5) is 38.3. The maximum Gasteiger partial charge on any atom is 0.332 e. The first kappa shape index (κ1) is 20.8. The third kappa shape index (κ3) is 4.57. The van der Waals surface area contributed by atoms with Gasteiger partial charge in [-0.15, -0.1) is 11.3 Å². The second-order valence-corrected chi connectivity index (χ2v) is 7.20. The van der Waals surface area contributed by atoms with Crippen LogP contribution in [0.1, 0.15) is 13.3 Å². The highest BCUT2D eigenvalue weighted by atomic mass is 32.1. The summed E-state index contributed by atoms with van der Waals surface area (Å²) in [6, 6.07) is 8.78. The van der Waals surface area contributed by atoms with Crippen molar-refractivity contribution in [1.82, 2.24) is 9.13 Å². The van der Waals surface area contributed by atoms with E-state index in [4.69, 9.17) is 9.47 Å². The number of methoxy groups -OCH3 is 1. The van der Waals surface area contributed by atoms with E-state index in [1.807, 2.05) is 13.0 Å². The van der Waals surface area contributed by atoms with E-state index >= 15 is 0 Å². The summed E-state index contributed by atoms with van der Waals surface area (Å²) in [6.45, 7) is 2.78. The lowest BCUT2D eigenvalue weighted by Gasteiger charge is -2.14. The summed E-state index contributed by atoms with van der Waals surface area (Å²) in [7, 11) is 1.56. The number of amides is 1. The Hall–Kier alpha value is -2.91. The molecular weight excluding hydrogens is 394 g/mol. The van der Waals surface area contributed by atoms with Crippen LogP contribution in [0.4, 0.5) is 5.69 Å². The predicted octanol–water partition coefficient (Wildman–Crippen LogP) is 2.30. The molecule has 0 radical (unpaired) electrons. The smallest absolute Gasteiger partial charge is 0.332 e. The first-order valence-corrected chi connectivity index (χ1v) is 10.2. The summed E-state index contributed by atoms with van der Waals surface area (Å²) in [5, 5.41) is 4.53. The van der Waals surface area contributed by atoms with Gasteiger partial charge in [0.15, 0.2) is 0 Å². The lowest BCUT2D eigenvalue weighted by atomic mass is 10.3. The van der Waals surface area contributed by atoms with Gasteiger partial charge in [0, 0.05) is 20.3 Å². The van der Waals surface area contributed by atoms with E-state index in [1.54, 1.807) is 36.8 Å². The summed E-state index contributed by atoms with van der Waals surface area (Å²) >= 11 is 1.25. The van der Waals surface area contributed by atoms with Crippen molar-refractivity contribution in [3.05, 3.63) is 56.5 Å². The van der Waals surface area contributed by atoms with Gasteiger partial charge in [-0.1, -0.05) is 12.1 Å². The molecule has 0 spiro atoms. The number of fused-ring (bicyclic) bond motifs is 1. The van der Waals surface area contributed by atoms with E-state index < -0.39 is 5.69 Å². The van der Waals surface area contributed by atoms with Crippen molar-refractivity contribution >= 4 is 33.1 Å². The largest absolute Gasteiger partial charge is 0.492 e. The van der Waals surface area contributed by atoms with Crippen LogP contribution in [0.2, 0.25) is 0 Å². The number of thiophene rings is 1. The van der Waals surface area contributed by atoms with Crippen LogP contribution in [0.5, 0.6) is 5.75 Å². The second kappa shape index (κ2) is 9.53. The average molecular weight is 417 g/mol. The topological polar surface area (TPSA) is 91.6 Å². The minimum absolute atomic E-state index is 0.211. The Bertz CT molecular complexity index is 1120. The number of benzene rings is 1. The lowest BCUT2D eigenvalue weighted by Crippen LogP contribution is -2.41. The highest BCUT2D eigenvalue weighted by Crippen LogP contribution is 2.23. The van der Waals surface area contributed by atoms with Crippen LogP contribution in [-0.4, -0.2) is 35.4 Å². The van der Waals surface area contributed by atoms with Gasteiger partial charge in [-0.2, -0.15) is 0 Å². The van der Waals surface area contributed by atoms with Gasteiger partial charge >= 0.3 is 5.69 Å². The minimum atomic E-state index is -0.509. The normalized spacial score (nSPS) is 11.0. The quantitative estimate of drug-likeness (QED) is 0.540. The predicted molar refractivity (Wildman–Crippen MR) is 113 cm³/mol. The van der Waals surface area contributed by atoms with Crippen LogP contribution in [0, 0.1) is 0 Å². The maximum atomic E-state index is 12.9. The van der Waals surface area contributed by atoms with Crippen molar-refractivity contribution in [1.29, 1.82) is 0 Å². The fraction of sp³-hybridized carbons (Fsp3) is 0.350. The Balaban J connectivity index is 1.91. The number of carbonyl (C=O) groups excluding carboxylic acids is 1. The third-order valence-electron chi connectivity index (χ3n) is 4.33. The summed E-state index contributed by atoms with van der Waals surface area (Å²) in [6.07, 6.45) is 0.524. The monoisotopic (exact) mass is 417 g/mol. The van der Waals surface area contributed by atoms with Crippen LogP contribution < -0.4 is 21.3 Å². The molecule has 0 aliphatic heterocycles. The van der Waals surface area contributed by atoms with Crippen LogP contribution >= 0.6 is 11.3 Å². The minimum Gasteiger partial charge on any atom is -0.492 e. The molecule has 1 amide bonds. The Morgan fingerprint density at radius 3 is 2.72 bits per heavy atom. The summed E-state index contributed by atoms with van der Waals surface area (Å²) in [5.74, 6) is 0.176. The first-order chi connectivity index (χ1) is 14.1. The zero-order chi connectivity index (χ0) is 20.8. The standard InChI is InChI=1S/C20H23N3O5S/c1-3-28-16-8-5-4-7-14(16)21-17(24)13-23-15-9-12-29-18(15)19(25)22(20(23)26)10-6-11-27-2/h4-5,7-9,12H,3,6,10-11,13H2,1-2H3,(H,21,24). The molecule has 2 heterocycles. The van der Waals surface area contributed by atoms with Gasteiger partial charge in [0.25, 0.3) is 5.56 Å². The highest BCUT2D eigenvalue weighted by Gasteiger charge is 2.17. The Morgan fingerprint density at radius 1 is 1.17 bits per heavy atom. The van der Waals surface area contributed by atoms with Crippen LogP contribution in [0.25, 0.3) is 10.2 Å². The number of carbonyl (C=O) groups is 1.